The highest BCUT2D eigenvalue weighted by Gasteiger charge is 2.31. The van der Waals surface area contributed by atoms with Crippen LogP contribution in [-0.2, 0) is 4.79 Å². The Bertz CT molecular complexity index is 688. The number of carbonyl (C=O) groups excluding carboxylic acids is 1. The number of alkyl halides is 3. The molecule has 6 nitrogen and oxygen atoms in total. The summed E-state index contributed by atoms with van der Waals surface area (Å²) in [5, 5.41) is 6.38. The average Bonchev–Trinajstić information content (AvgIpc) is 2.71. The number of hydrogen-bond acceptors (Lipinski definition) is 3. The Hall–Kier alpha value is -2.29. The lowest BCUT2D eigenvalue weighted by atomic mass is 10.0. The van der Waals surface area contributed by atoms with Crippen LogP contribution in [0, 0.1) is 0 Å². The van der Waals surface area contributed by atoms with Gasteiger partial charge in [0.25, 0.3) is 0 Å². The maximum absolute atomic E-state index is 12.4. The zero-order chi connectivity index (χ0) is 22.1. The average molecular weight is 428 g/mol. The van der Waals surface area contributed by atoms with Gasteiger partial charge in [-0.2, -0.15) is 13.2 Å². The van der Waals surface area contributed by atoms with E-state index in [1.54, 1.807) is 0 Å². The summed E-state index contributed by atoms with van der Waals surface area (Å²) >= 11 is 0. The van der Waals surface area contributed by atoms with Crippen LogP contribution in [0.15, 0.2) is 35.3 Å². The minimum atomic E-state index is -4.41. The Balaban J connectivity index is 1.85. The topological polar surface area (TPSA) is 60.0 Å². The largest absolute Gasteiger partial charge is 0.406 e. The maximum Gasteiger partial charge on any atom is 0.406 e. The number of halogens is 3. The van der Waals surface area contributed by atoms with Crippen LogP contribution < -0.4 is 10.6 Å². The van der Waals surface area contributed by atoms with Gasteiger partial charge in [0, 0.05) is 38.8 Å². The molecule has 1 atom stereocenters. The minimum Gasteiger partial charge on any atom is -0.357 e. The molecule has 30 heavy (non-hydrogen) atoms. The third-order valence-electron chi connectivity index (χ3n) is 5.26. The summed E-state index contributed by atoms with van der Waals surface area (Å²) in [5.41, 5.74) is 1.29. The van der Waals surface area contributed by atoms with Crippen molar-refractivity contribution >= 4 is 11.9 Å². The van der Waals surface area contributed by atoms with Gasteiger partial charge in [-0.1, -0.05) is 30.3 Å². The number of piperidine rings is 1. The molecule has 1 aromatic rings. The predicted octanol–water partition coefficient (Wildman–Crippen LogP) is 2.79. The molecule has 9 heteroatoms. The van der Waals surface area contributed by atoms with Crippen LogP contribution in [0.1, 0.15) is 38.3 Å². The molecule has 1 aromatic carbocycles. The summed E-state index contributed by atoms with van der Waals surface area (Å²) in [7, 11) is 1.13. The number of amides is 1. The Kier molecular flexibility index (Phi) is 8.95. The number of hydrogen-bond donors (Lipinski definition) is 2. The molecular formula is C21H32F3N5O. The van der Waals surface area contributed by atoms with E-state index in [1.165, 1.54) is 5.56 Å². The fourth-order valence-electron chi connectivity index (χ4n) is 3.51. The fraction of sp³-hybridized carbons (Fsp3) is 0.619. The second-order valence-electron chi connectivity index (χ2n) is 7.60. The molecule has 1 heterocycles. The van der Waals surface area contributed by atoms with Crippen LogP contribution in [0.5, 0.6) is 0 Å². The monoisotopic (exact) mass is 427 g/mol. The predicted molar refractivity (Wildman–Crippen MR) is 112 cm³/mol. The molecule has 0 bridgehead atoms. The van der Waals surface area contributed by atoms with Gasteiger partial charge in [-0.3, -0.25) is 9.69 Å². The molecule has 1 amide bonds. The molecule has 1 fully saturated rings. The Morgan fingerprint density at radius 2 is 1.90 bits per heavy atom. The van der Waals surface area contributed by atoms with Crippen molar-refractivity contribution in [1.82, 2.24) is 20.4 Å². The van der Waals surface area contributed by atoms with Crippen molar-refractivity contribution in [2.24, 2.45) is 4.99 Å². The van der Waals surface area contributed by atoms with E-state index in [0.29, 0.717) is 23.4 Å². The molecule has 1 saturated heterocycles. The van der Waals surface area contributed by atoms with Crippen molar-refractivity contribution < 1.29 is 18.0 Å². The SMILES string of the molecule is CCNC(=NCC(=O)N(C)CC(F)(F)F)NC1CCN(C(C)c2ccccc2)CC1. The molecule has 168 valence electrons. The lowest BCUT2D eigenvalue weighted by Gasteiger charge is -2.37. The summed E-state index contributed by atoms with van der Waals surface area (Å²) in [6, 6.07) is 10.9. The van der Waals surface area contributed by atoms with Gasteiger partial charge in [0.1, 0.15) is 13.1 Å². The number of rotatable bonds is 7. The van der Waals surface area contributed by atoms with E-state index in [9.17, 15) is 18.0 Å². The molecule has 0 saturated carbocycles. The van der Waals surface area contributed by atoms with Crippen molar-refractivity contribution in [3.8, 4) is 0 Å². The normalized spacial score (nSPS) is 17.5. The quantitative estimate of drug-likeness (QED) is 0.519. The molecule has 0 aromatic heterocycles. The van der Waals surface area contributed by atoms with Gasteiger partial charge in [-0.25, -0.2) is 4.99 Å². The molecule has 0 radical (unpaired) electrons. The van der Waals surface area contributed by atoms with Crippen molar-refractivity contribution in [1.29, 1.82) is 0 Å². The highest BCUT2D eigenvalue weighted by Crippen LogP contribution is 2.24. The van der Waals surface area contributed by atoms with Gasteiger partial charge in [0.2, 0.25) is 5.91 Å². The molecule has 1 aliphatic rings. The van der Waals surface area contributed by atoms with Crippen LogP contribution in [-0.4, -0.2) is 73.7 Å². The summed E-state index contributed by atoms with van der Waals surface area (Å²) in [6.07, 6.45) is -2.57. The van der Waals surface area contributed by atoms with Gasteiger partial charge in [0.05, 0.1) is 0 Å². The van der Waals surface area contributed by atoms with Gasteiger partial charge in [-0.15, -0.1) is 0 Å². The number of likely N-dealkylation sites (tertiary alicyclic amines) is 1. The van der Waals surface area contributed by atoms with Crippen molar-refractivity contribution in [3.05, 3.63) is 35.9 Å². The van der Waals surface area contributed by atoms with Crippen LogP contribution in [0.4, 0.5) is 13.2 Å². The molecule has 1 unspecified atom stereocenters. The number of likely N-dealkylation sites (N-methyl/N-ethyl adjacent to an activating group) is 1. The standard InChI is InChI=1S/C21H32F3N5O/c1-4-25-20(26-14-19(30)28(3)15-21(22,23)24)27-18-10-12-29(13-11-18)16(2)17-8-6-5-7-9-17/h5-9,16,18H,4,10-15H2,1-3H3,(H2,25,26,27). The lowest BCUT2D eigenvalue weighted by Crippen LogP contribution is -2.49. The number of carbonyl (C=O) groups is 1. The first kappa shape index (κ1) is 24.0. The molecule has 1 aliphatic heterocycles. The molecule has 0 spiro atoms. The Morgan fingerprint density at radius 3 is 2.47 bits per heavy atom. The maximum atomic E-state index is 12.4. The van der Waals surface area contributed by atoms with Gasteiger partial charge >= 0.3 is 6.18 Å². The van der Waals surface area contributed by atoms with E-state index >= 15 is 0 Å². The zero-order valence-corrected chi connectivity index (χ0v) is 17.9. The fourth-order valence-corrected chi connectivity index (χ4v) is 3.51. The van der Waals surface area contributed by atoms with E-state index in [1.807, 2.05) is 25.1 Å². The van der Waals surface area contributed by atoms with E-state index in [-0.39, 0.29) is 12.6 Å². The van der Waals surface area contributed by atoms with Crippen LogP contribution in [0.2, 0.25) is 0 Å². The lowest BCUT2D eigenvalue weighted by molar-refractivity contribution is -0.157. The minimum absolute atomic E-state index is 0.199. The third-order valence-corrected chi connectivity index (χ3v) is 5.26. The third kappa shape index (κ3) is 7.85. The van der Waals surface area contributed by atoms with Gasteiger partial charge < -0.3 is 15.5 Å². The second-order valence-corrected chi connectivity index (χ2v) is 7.60. The number of benzene rings is 1. The van der Waals surface area contributed by atoms with Crippen LogP contribution >= 0.6 is 0 Å². The van der Waals surface area contributed by atoms with E-state index < -0.39 is 18.6 Å². The number of nitrogens with one attached hydrogen (secondary N) is 2. The number of guanidine groups is 1. The summed E-state index contributed by atoms with van der Waals surface area (Å²) in [5.74, 6) is -0.211. The number of aliphatic imine (C=N–C) groups is 1. The first-order valence-corrected chi connectivity index (χ1v) is 10.3. The second kappa shape index (κ2) is 11.2. The smallest absolute Gasteiger partial charge is 0.357 e. The van der Waals surface area contributed by atoms with Crippen LogP contribution in [0.25, 0.3) is 0 Å². The van der Waals surface area contributed by atoms with Crippen molar-refractivity contribution in [3.63, 3.8) is 0 Å². The first-order chi connectivity index (χ1) is 14.2. The van der Waals surface area contributed by atoms with Gasteiger partial charge in [-0.05, 0) is 32.3 Å². The van der Waals surface area contributed by atoms with Crippen LogP contribution in [0.3, 0.4) is 0 Å². The van der Waals surface area contributed by atoms with Crippen molar-refractivity contribution in [2.75, 3.05) is 39.8 Å². The Morgan fingerprint density at radius 1 is 1.27 bits per heavy atom. The summed E-state index contributed by atoms with van der Waals surface area (Å²) in [4.78, 5) is 19.2. The summed E-state index contributed by atoms with van der Waals surface area (Å²) < 4.78 is 37.3. The van der Waals surface area contributed by atoms with E-state index in [2.05, 4.69) is 39.6 Å². The molecule has 0 aliphatic carbocycles. The van der Waals surface area contributed by atoms with Crippen molar-refractivity contribution in [2.45, 2.75) is 44.9 Å². The highest BCUT2D eigenvalue weighted by atomic mass is 19.4. The highest BCUT2D eigenvalue weighted by molar-refractivity contribution is 5.85. The zero-order valence-electron chi connectivity index (χ0n) is 17.9. The Labute approximate surface area is 176 Å². The van der Waals surface area contributed by atoms with Gasteiger partial charge in [0.15, 0.2) is 5.96 Å². The number of nitrogens with zero attached hydrogens (tertiary/aromatic N) is 3. The molecule has 2 N–H and O–H groups in total. The summed E-state index contributed by atoms with van der Waals surface area (Å²) in [6.45, 7) is 4.97. The molecule has 2 rings (SSSR count). The van der Waals surface area contributed by atoms with E-state index in [4.69, 9.17) is 0 Å². The molecular weight excluding hydrogens is 395 g/mol. The van der Waals surface area contributed by atoms with E-state index in [0.717, 1.165) is 33.0 Å². The first-order valence-electron chi connectivity index (χ1n) is 10.3.